The molecular formula is C17H16BrClFN. The Hall–Kier alpha value is -1.06. The standard InChI is InChI=1S/C17H16BrClFN/c1-10-2-4-11(5-3-10)12-6-14(7-12)21-17-15(18)8-13(20)9-16(17)19/h2-5,8-9,12,14,21H,6-7H2,1H3. The molecule has 0 bridgehead atoms. The van der Waals surface area contributed by atoms with Crippen LogP contribution >= 0.6 is 27.5 Å². The lowest BCUT2D eigenvalue weighted by molar-refractivity contribution is 0.374. The van der Waals surface area contributed by atoms with Gasteiger partial charge >= 0.3 is 0 Å². The monoisotopic (exact) mass is 367 g/mol. The van der Waals surface area contributed by atoms with Gasteiger partial charge in [-0.3, -0.25) is 0 Å². The van der Waals surface area contributed by atoms with E-state index in [2.05, 4.69) is 52.4 Å². The number of hydrogen-bond acceptors (Lipinski definition) is 1. The first-order chi connectivity index (χ1) is 10.0. The van der Waals surface area contributed by atoms with Crippen LogP contribution in [0.1, 0.15) is 29.9 Å². The van der Waals surface area contributed by atoms with Crippen molar-refractivity contribution in [2.45, 2.75) is 31.7 Å². The van der Waals surface area contributed by atoms with Crippen LogP contribution in [0.2, 0.25) is 5.02 Å². The fourth-order valence-corrected chi connectivity index (χ4v) is 3.65. The first-order valence-corrected chi connectivity index (χ1v) is 8.17. The molecule has 0 atom stereocenters. The smallest absolute Gasteiger partial charge is 0.125 e. The number of rotatable bonds is 3. The van der Waals surface area contributed by atoms with Gasteiger partial charge in [-0.05, 0) is 59.3 Å². The van der Waals surface area contributed by atoms with E-state index in [-0.39, 0.29) is 5.82 Å². The first-order valence-electron chi connectivity index (χ1n) is 7.00. The van der Waals surface area contributed by atoms with E-state index in [1.165, 1.54) is 23.3 Å². The summed E-state index contributed by atoms with van der Waals surface area (Å²) in [4.78, 5) is 0. The van der Waals surface area contributed by atoms with Crippen LogP contribution in [0.15, 0.2) is 40.9 Å². The van der Waals surface area contributed by atoms with Gasteiger partial charge in [0.1, 0.15) is 5.82 Å². The molecule has 0 aromatic heterocycles. The van der Waals surface area contributed by atoms with E-state index in [9.17, 15) is 4.39 Å². The summed E-state index contributed by atoms with van der Waals surface area (Å²) < 4.78 is 13.9. The molecule has 0 radical (unpaired) electrons. The minimum Gasteiger partial charge on any atom is -0.380 e. The highest BCUT2D eigenvalue weighted by Gasteiger charge is 2.30. The Kier molecular flexibility index (Phi) is 4.23. The van der Waals surface area contributed by atoms with Gasteiger partial charge in [-0.25, -0.2) is 4.39 Å². The second kappa shape index (κ2) is 5.98. The van der Waals surface area contributed by atoms with Crippen LogP contribution < -0.4 is 5.32 Å². The number of halogens is 3. The predicted molar refractivity (Wildman–Crippen MR) is 89.7 cm³/mol. The summed E-state index contributed by atoms with van der Waals surface area (Å²) in [7, 11) is 0. The van der Waals surface area contributed by atoms with Gasteiger partial charge < -0.3 is 5.32 Å². The van der Waals surface area contributed by atoms with Crippen molar-refractivity contribution in [3.8, 4) is 0 Å². The molecular weight excluding hydrogens is 353 g/mol. The molecule has 1 saturated carbocycles. The van der Waals surface area contributed by atoms with Gasteiger partial charge in [-0.15, -0.1) is 0 Å². The zero-order valence-electron chi connectivity index (χ0n) is 11.7. The molecule has 0 unspecified atom stereocenters. The molecule has 3 rings (SSSR count). The summed E-state index contributed by atoms with van der Waals surface area (Å²) in [5.41, 5.74) is 3.46. The maximum Gasteiger partial charge on any atom is 0.125 e. The fraction of sp³-hybridized carbons (Fsp3) is 0.294. The second-order valence-corrected chi connectivity index (χ2v) is 6.93. The number of nitrogens with one attached hydrogen (secondary N) is 1. The maximum atomic E-state index is 13.2. The maximum absolute atomic E-state index is 13.2. The lowest BCUT2D eigenvalue weighted by atomic mass is 9.75. The molecule has 0 amide bonds. The topological polar surface area (TPSA) is 12.0 Å². The Morgan fingerprint density at radius 1 is 1.19 bits per heavy atom. The highest BCUT2D eigenvalue weighted by Crippen LogP contribution is 2.41. The van der Waals surface area contributed by atoms with Gasteiger partial charge in [0.25, 0.3) is 0 Å². The van der Waals surface area contributed by atoms with E-state index in [0.717, 1.165) is 18.5 Å². The Morgan fingerprint density at radius 2 is 1.86 bits per heavy atom. The van der Waals surface area contributed by atoms with Crippen LogP contribution in [0, 0.1) is 12.7 Å². The highest BCUT2D eigenvalue weighted by molar-refractivity contribution is 9.10. The first kappa shape index (κ1) is 14.9. The van der Waals surface area contributed by atoms with Gasteiger partial charge in [0.15, 0.2) is 0 Å². The van der Waals surface area contributed by atoms with Gasteiger partial charge in [0.2, 0.25) is 0 Å². The average molecular weight is 369 g/mol. The van der Waals surface area contributed by atoms with Gasteiger partial charge in [0, 0.05) is 10.5 Å². The van der Waals surface area contributed by atoms with Gasteiger partial charge in [0.05, 0.1) is 10.7 Å². The lowest BCUT2D eigenvalue weighted by Gasteiger charge is -2.37. The molecule has 4 heteroatoms. The summed E-state index contributed by atoms with van der Waals surface area (Å²) in [6, 6.07) is 11.9. The molecule has 0 saturated heterocycles. The summed E-state index contributed by atoms with van der Waals surface area (Å²) >= 11 is 9.46. The van der Waals surface area contributed by atoms with E-state index >= 15 is 0 Å². The van der Waals surface area contributed by atoms with E-state index in [1.807, 2.05) is 0 Å². The molecule has 1 fully saturated rings. The summed E-state index contributed by atoms with van der Waals surface area (Å²) in [5, 5.41) is 3.83. The molecule has 110 valence electrons. The van der Waals surface area contributed by atoms with E-state index in [0.29, 0.717) is 21.5 Å². The predicted octanol–water partition coefficient (Wildman–Crippen LogP) is 5.91. The Balaban J connectivity index is 1.64. The molecule has 1 aliphatic rings. The largest absolute Gasteiger partial charge is 0.380 e. The lowest BCUT2D eigenvalue weighted by Crippen LogP contribution is -2.34. The average Bonchev–Trinajstić information content (AvgIpc) is 2.37. The molecule has 21 heavy (non-hydrogen) atoms. The number of anilines is 1. The summed E-state index contributed by atoms with van der Waals surface area (Å²) in [6.07, 6.45) is 2.15. The minimum atomic E-state index is -0.330. The summed E-state index contributed by atoms with van der Waals surface area (Å²) in [5.74, 6) is 0.268. The second-order valence-electron chi connectivity index (χ2n) is 5.66. The normalized spacial score (nSPS) is 21.0. The minimum absolute atomic E-state index is 0.330. The molecule has 1 aliphatic carbocycles. The molecule has 0 heterocycles. The van der Waals surface area contributed by atoms with Crippen molar-refractivity contribution in [3.05, 3.63) is 62.8 Å². The van der Waals surface area contributed by atoms with Crippen molar-refractivity contribution in [1.29, 1.82) is 0 Å². The Labute approximate surface area is 137 Å². The van der Waals surface area contributed by atoms with E-state index < -0.39 is 0 Å². The third-order valence-corrected chi connectivity index (χ3v) is 4.97. The van der Waals surface area contributed by atoms with Gasteiger partial charge in [-0.2, -0.15) is 0 Å². The molecule has 2 aromatic rings. The van der Waals surface area contributed by atoms with Crippen molar-refractivity contribution in [2.75, 3.05) is 5.32 Å². The van der Waals surface area contributed by atoms with Crippen molar-refractivity contribution in [1.82, 2.24) is 0 Å². The van der Waals surface area contributed by atoms with Gasteiger partial charge in [-0.1, -0.05) is 41.4 Å². The molecule has 1 N–H and O–H groups in total. The third kappa shape index (κ3) is 3.24. The van der Waals surface area contributed by atoms with E-state index in [1.54, 1.807) is 0 Å². The van der Waals surface area contributed by atoms with Crippen molar-refractivity contribution >= 4 is 33.2 Å². The molecule has 1 nitrogen and oxygen atoms in total. The number of hydrogen-bond donors (Lipinski definition) is 1. The quantitative estimate of drug-likeness (QED) is 0.710. The molecule has 2 aromatic carbocycles. The highest BCUT2D eigenvalue weighted by atomic mass is 79.9. The van der Waals surface area contributed by atoms with Crippen LogP contribution in [0.5, 0.6) is 0 Å². The third-order valence-electron chi connectivity index (χ3n) is 4.04. The van der Waals surface area contributed by atoms with Crippen molar-refractivity contribution in [2.24, 2.45) is 0 Å². The van der Waals surface area contributed by atoms with Crippen LogP contribution in [-0.4, -0.2) is 6.04 Å². The number of aryl methyl sites for hydroxylation is 1. The zero-order valence-corrected chi connectivity index (χ0v) is 14.0. The van der Waals surface area contributed by atoms with Crippen LogP contribution in [0.25, 0.3) is 0 Å². The Bertz CT molecular complexity index is 627. The number of benzene rings is 2. The van der Waals surface area contributed by atoms with Crippen LogP contribution in [0.3, 0.4) is 0 Å². The SMILES string of the molecule is Cc1ccc(C2CC(Nc3c(Cl)cc(F)cc3Br)C2)cc1. The summed E-state index contributed by atoms with van der Waals surface area (Å²) in [6.45, 7) is 2.10. The zero-order chi connectivity index (χ0) is 15.0. The van der Waals surface area contributed by atoms with E-state index in [4.69, 9.17) is 11.6 Å². The molecule has 0 aliphatic heterocycles. The molecule has 0 spiro atoms. The van der Waals surface area contributed by atoms with Crippen LogP contribution in [-0.2, 0) is 0 Å². The van der Waals surface area contributed by atoms with Crippen molar-refractivity contribution < 1.29 is 4.39 Å². The van der Waals surface area contributed by atoms with Crippen LogP contribution in [0.4, 0.5) is 10.1 Å². The van der Waals surface area contributed by atoms with Crippen molar-refractivity contribution in [3.63, 3.8) is 0 Å². The Morgan fingerprint density at radius 3 is 2.48 bits per heavy atom. The fourth-order valence-electron chi connectivity index (χ4n) is 2.73.